The first kappa shape index (κ1) is 32.8. The highest BCUT2D eigenvalue weighted by molar-refractivity contribution is 7.15. The molecule has 3 rings (SSSR count). The molecule has 0 aliphatic heterocycles. The summed E-state index contributed by atoms with van der Waals surface area (Å²) in [6, 6.07) is 10.1. The first-order valence-corrected chi connectivity index (χ1v) is 12.5. The Kier molecular flexibility index (Phi) is 12.8. The van der Waals surface area contributed by atoms with Crippen molar-refractivity contribution in [1.82, 2.24) is 20.7 Å². The molecule has 0 unspecified atom stereocenters. The molecule has 0 aliphatic carbocycles. The van der Waals surface area contributed by atoms with Crippen molar-refractivity contribution in [2.24, 2.45) is 4.99 Å². The molecule has 2 aromatic heterocycles. The largest absolute Gasteiger partial charge is 0.503 e. The summed E-state index contributed by atoms with van der Waals surface area (Å²) < 4.78 is 53.6. The molecule has 0 saturated carbocycles. The number of guanidine groups is 1. The number of methoxy groups -OCH3 is 2. The molecule has 0 saturated heterocycles. The van der Waals surface area contributed by atoms with E-state index >= 15 is 0 Å². The van der Waals surface area contributed by atoms with Crippen molar-refractivity contribution in [2.45, 2.75) is 19.3 Å². The normalized spacial score (nSPS) is 11.6. The Morgan fingerprint density at radius 1 is 1.22 bits per heavy atom. The standard InChI is InChI=1S/C18H16F3NO4.C6H8ClN5O2S/c1-24-11-14(17(23)25-2)13-7-4-3-6-12(13)10-26-16-9-5-8-15(22-16)18(19,20)21;1-8-6(11-12(13)14)10-3-4-2-9-5(7)15-4/h3-9,11H,10H2,1-2H3;2H,3H2,1H3,(H2,8,10,11)/b14-11+;. The lowest BCUT2D eigenvalue weighted by Gasteiger charge is -2.13. The van der Waals surface area contributed by atoms with Crippen molar-refractivity contribution in [3.63, 3.8) is 0 Å². The van der Waals surface area contributed by atoms with Crippen LogP contribution >= 0.6 is 22.9 Å². The Morgan fingerprint density at radius 2 is 1.95 bits per heavy atom. The molecule has 0 fully saturated rings. The van der Waals surface area contributed by atoms with E-state index < -0.39 is 22.9 Å². The van der Waals surface area contributed by atoms with Gasteiger partial charge in [-0.2, -0.15) is 13.2 Å². The fourth-order valence-corrected chi connectivity index (χ4v) is 3.87. The van der Waals surface area contributed by atoms with E-state index in [1.807, 2.05) is 5.43 Å². The summed E-state index contributed by atoms with van der Waals surface area (Å²) in [4.78, 5) is 33.9. The lowest BCUT2D eigenvalue weighted by atomic mass is 10.0. The predicted octanol–water partition coefficient (Wildman–Crippen LogP) is 4.49. The number of hydrogen-bond donors (Lipinski definition) is 2. The van der Waals surface area contributed by atoms with E-state index in [9.17, 15) is 28.1 Å². The van der Waals surface area contributed by atoms with Gasteiger partial charge in [-0.05, 0) is 17.2 Å². The highest BCUT2D eigenvalue weighted by atomic mass is 35.5. The predicted molar refractivity (Wildman–Crippen MR) is 144 cm³/mol. The van der Waals surface area contributed by atoms with Crippen LogP contribution in [-0.4, -0.2) is 48.2 Å². The molecular formula is C24H24ClF3N6O6S. The minimum absolute atomic E-state index is 0.0875. The quantitative estimate of drug-likeness (QED) is 0.0669. The molecule has 0 spiro atoms. The van der Waals surface area contributed by atoms with E-state index in [-0.39, 0.29) is 24.0 Å². The maximum absolute atomic E-state index is 12.7. The van der Waals surface area contributed by atoms with E-state index in [1.54, 1.807) is 30.5 Å². The highest BCUT2D eigenvalue weighted by Crippen LogP contribution is 2.29. The second-order valence-corrected chi connectivity index (χ2v) is 9.13. The van der Waals surface area contributed by atoms with Gasteiger partial charge in [0.05, 0.1) is 27.0 Å². The van der Waals surface area contributed by atoms with Crippen LogP contribution in [0.25, 0.3) is 5.57 Å². The van der Waals surface area contributed by atoms with Crippen LogP contribution in [0.3, 0.4) is 0 Å². The van der Waals surface area contributed by atoms with Gasteiger partial charge in [0.2, 0.25) is 5.88 Å². The molecule has 0 bridgehead atoms. The first-order chi connectivity index (χ1) is 19.5. The molecule has 41 heavy (non-hydrogen) atoms. The second-order valence-electron chi connectivity index (χ2n) is 7.44. The number of halogens is 4. The summed E-state index contributed by atoms with van der Waals surface area (Å²) in [5.74, 6) is -0.703. The van der Waals surface area contributed by atoms with Gasteiger partial charge >= 0.3 is 12.1 Å². The lowest BCUT2D eigenvalue weighted by molar-refractivity contribution is -0.525. The number of thiazole rings is 1. The summed E-state index contributed by atoms with van der Waals surface area (Å²) in [7, 11) is 4.06. The first-order valence-electron chi connectivity index (χ1n) is 11.3. The van der Waals surface area contributed by atoms with Gasteiger partial charge in [0, 0.05) is 24.2 Å². The van der Waals surface area contributed by atoms with Crippen LogP contribution in [0.15, 0.2) is 59.9 Å². The number of nitro groups is 1. The monoisotopic (exact) mass is 616 g/mol. The second kappa shape index (κ2) is 16.0. The maximum atomic E-state index is 12.7. The van der Waals surface area contributed by atoms with Crippen LogP contribution in [0, 0.1) is 10.1 Å². The molecule has 220 valence electrons. The van der Waals surface area contributed by atoms with Crippen molar-refractivity contribution in [2.75, 3.05) is 21.3 Å². The van der Waals surface area contributed by atoms with Crippen LogP contribution in [0.2, 0.25) is 4.47 Å². The Bertz CT molecular complexity index is 1390. The molecule has 1 aromatic carbocycles. The highest BCUT2D eigenvalue weighted by Gasteiger charge is 2.32. The number of carbonyl (C=O) groups excluding carboxylic acids is 1. The maximum Gasteiger partial charge on any atom is 0.433 e. The number of esters is 1. The fraction of sp³-hybridized carbons (Fsp3) is 0.250. The van der Waals surface area contributed by atoms with Gasteiger partial charge in [0.25, 0.3) is 5.96 Å². The number of benzene rings is 1. The third-order valence-corrected chi connectivity index (χ3v) is 5.83. The zero-order valence-electron chi connectivity index (χ0n) is 21.8. The van der Waals surface area contributed by atoms with Crippen molar-refractivity contribution in [1.29, 1.82) is 0 Å². The number of alkyl halides is 3. The van der Waals surface area contributed by atoms with Gasteiger partial charge in [-0.1, -0.05) is 47.4 Å². The number of nitrogens with zero attached hydrogens (tertiary/aromatic N) is 4. The van der Waals surface area contributed by atoms with Gasteiger partial charge in [-0.3, -0.25) is 4.99 Å². The molecule has 3 aromatic rings. The SMILES string of the molecule is CN=C(NCc1cnc(Cl)s1)N[N+](=O)[O-].CO/C=C(/C(=O)OC)c1ccccc1COc1cccc(C(F)(F)F)n1. The number of aromatic nitrogens is 2. The average molecular weight is 617 g/mol. The smallest absolute Gasteiger partial charge is 0.433 e. The molecule has 0 aliphatic rings. The molecule has 0 radical (unpaired) electrons. The van der Waals surface area contributed by atoms with E-state index in [2.05, 4.69) is 20.3 Å². The third-order valence-electron chi connectivity index (χ3n) is 4.71. The summed E-state index contributed by atoms with van der Waals surface area (Å²) in [5, 5.41) is 12.2. The fourth-order valence-electron chi connectivity index (χ4n) is 2.95. The Morgan fingerprint density at radius 3 is 2.54 bits per heavy atom. The number of hydrazine groups is 1. The van der Waals surface area contributed by atoms with Crippen molar-refractivity contribution < 1.29 is 37.2 Å². The van der Waals surface area contributed by atoms with E-state index in [4.69, 9.17) is 25.8 Å². The zero-order valence-corrected chi connectivity index (χ0v) is 23.3. The number of hydrogen-bond acceptors (Lipinski definition) is 10. The van der Waals surface area contributed by atoms with Gasteiger partial charge in [-0.25, -0.2) is 24.9 Å². The summed E-state index contributed by atoms with van der Waals surface area (Å²) >= 11 is 6.92. The summed E-state index contributed by atoms with van der Waals surface area (Å²) in [5.41, 5.74) is 2.07. The van der Waals surface area contributed by atoms with Gasteiger partial charge in [0.15, 0.2) is 9.50 Å². The molecule has 0 amide bonds. The molecule has 0 atom stereocenters. The topological polar surface area (TPSA) is 150 Å². The molecule has 2 N–H and O–H groups in total. The Labute approximate surface area is 241 Å². The minimum atomic E-state index is -4.56. The van der Waals surface area contributed by atoms with Crippen molar-refractivity contribution in [3.8, 4) is 5.88 Å². The van der Waals surface area contributed by atoms with Crippen molar-refractivity contribution in [3.05, 3.63) is 91.2 Å². The summed E-state index contributed by atoms with van der Waals surface area (Å²) in [6.07, 6.45) is -1.73. The van der Waals surface area contributed by atoms with E-state index in [0.29, 0.717) is 22.1 Å². The molecule has 12 nitrogen and oxygen atoms in total. The van der Waals surface area contributed by atoms with E-state index in [0.717, 1.165) is 10.9 Å². The van der Waals surface area contributed by atoms with Gasteiger partial charge in [0.1, 0.15) is 17.9 Å². The number of carbonyl (C=O) groups is 1. The van der Waals surface area contributed by atoms with E-state index in [1.165, 1.54) is 51.0 Å². The zero-order chi connectivity index (χ0) is 30.4. The number of ether oxygens (including phenoxy) is 3. The summed E-state index contributed by atoms with van der Waals surface area (Å²) in [6.45, 7) is 0.292. The van der Waals surface area contributed by atoms with Crippen LogP contribution in [0.5, 0.6) is 5.88 Å². The lowest BCUT2D eigenvalue weighted by Crippen LogP contribution is -2.39. The number of rotatable bonds is 9. The third kappa shape index (κ3) is 10.9. The number of pyridine rings is 1. The molecule has 17 heteroatoms. The van der Waals surface area contributed by atoms with Crippen LogP contribution < -0.4 is 15.5 Å². The van der Waals surface area contributed by atoms with Crippen LogP contribution in [0.1, 0.15) is 21.7 Å². The minimum Gasteiger partial charge on any atom is -0.503 e. The Hall–Kier alpha value is -4.44. The molecular weight excluding hydrogens is 593 g/mol. The average Bonchev–Trinajstić information content (AvgIpc) is 3.37. The van der Waals surface area contributed by atoms with Gasteiger partial charge in [-0.15, -0.1) is 11.3 Å². The molecule has 2 heterocycles. The Balaban J connectivity index is 0.000000333. The number of nitrogens with one attached hydrogen (secondary N) is 2. The van der Waals surface area contributed by atoms with Crippen LogP contribution in [-0.2, 0) is 33.6 Å². The van der Waals surface area contributed by atoms with Crippen molar-refractivity contribution >= 4 is 40.4 Å². The van der Waals surface area contributed by atoms with Gasteiger partial charge < -0.3 is 19.5 Å². The van der Waals surface area contributed by atoms with Crippen LogP contribution in [0.4, 0.5) is 13.2 Å². The number of aliphatic imine (C=N–C) groups is 1.